The van der Waals surface area contributed by atoms with Crippen LogP contribution in [-0.2, 0) is 18.4 Å². The summed E-state index contributed by atoms with van der Waals surface area (Å²) in [4.78, 5) is 22.7. The molecule has 2 amide bonds. The highest BCUT2D eigenvalue weighted by atomic mass is 16.4. The largest absolute Gasteiger partial charge is 0.481 e. The highest BCUT2D eigenvalue weighted by Crippen LogP contribution is 2.43. The Kier molecular flexibility index (Phi) is 4.50. The van der Waals surface area contributed by atoms with Crippen molar-refractivity contribution in [3.63, 3.8) is 0 Å². The number of rotatable bonds is 6. The van der Waals surface area contributed by atoms with Gasteiger partial charge in [0.2, 0.25) is 0 Å². The smallest absolute Gasteiger partial charge is 0.315 e. The van der Waals surface area contributed by atoms with E-state index in [0.717, 1.165) is 30.5 Å². The van der Waals surface area contributed by atoms with Crippen LogP contribution in [0.2, 0.25) is 0 Å². The quantitative estimate of drug-likeness (QED) is 0.734. The minimum absolute atomic E-state index is 0.120. The van der Waals surface area contributed by atoms with Gasteiger partial charge in [-0.2, -0.15) is 5.10 Å². The van der Waals surface area contributed by atoms with Gasteiger partial charge in [0.05, 0.1) is 12.1 Å². The van der Waals surface area contributed by atoms with Gasteiger partial charge < -0.3 is 15.7 Å². The molecule has 7 nitrogen and oxygen atoms in total. The molecule has 1 aliphatic rings. The fourth-order valence-corrected chi connectivity index (χ4v) is 2.74. The summed E-state index contributed by atoms with van der Waals surface area (Å²) in [6, 6.07) is -0.269. The van der Waals surface area contributed by atoms with E-state index in [1.807, 2.05) is 20.2 Å². The molecular weight excluding hydrogens is 272 g/mol. The summed E-state index contributed by atoms with van der Waals surface area (Å²) in [5.74, 6) is -0.803. The van der Waals surface area contributed by atoms with Crippen LogP contribution in [0.1, 0.15) is 36.9 Å². The molecule has 0 unspecified atom stereocenters. The Morgan fingerprint density at radius 2 is 2.14 bits per heavy atom. The highest BCUT2D eigenvalue weighted by molar-refractivity contribution is 5.74. The van der Waals surface area contributed by atoms with E-state index in [4.69, 9.17) is 5.11 Å². The summed E-state index contributed by atoms with van der Waals surface area (Å²) in [5, 5.41) is 18.7. The minimum Gasteiger partial charge on any atom is -0.481 e. The molecule has 0 aromatic carbocycles. The first kappa shape index (κ1) is 15.3. The first-order valence-electron chi connectivity index (χ1n) is 7.13. The van der Waals surface area contributed by atoms with Crippen LogP contribution < -0.4 is 10.6 Å². The van der Waals surface area contributed by atoms with Crippen molar-refractivity contribution in [3.8, 4) is 0 Å². The fraction of sp³-hybridized carbons (Fsp3) is 0.643. The summed E-state index contributed by atoms with van der Waals surface area (Å²) in [6.07, 6.45) is 4.75. The number of carbonyl (C=O) groups is 2. The Balaban J connectivity index is 1.77. The van der Waals surface area contributed by atoms with Crippen LogP contribution in [0.3, 0.4) is 0 Å². The van der Waals surface area contributed by atoms with Gasteiger partial charge in [-0.1, -0.05) is 6.42 Å². The summed E-state index contributed by atoms with van der Waals surface area (Å²) < 4.78 is 1.71. The topological polar surface area (TPSA) is 96.3 Å². The lowest BCUT2D eigenvalue weighted by molar-refractivity contribution is -0.141. The predicted octanol–water partition coefficient (Wildman–Crippen LogP) is 1.17. The second kappa shape index (κ2) is 6.15. The van der Waals surface area contributed by atoms with Crippen LogP contribution in [-0.4, -0.2) is 33.4 Å². The normalized spacial score (nSPS) is 16.1. The van der Waals surface area contributed by atoms with E-state index < -0.39 is 5.97 Å². The summed E-state index contributed by atoms with van der Waals surface area (Å²) in [6.45, 7) is 2.72. The number of urea groups is 1. The van der Waals surface area contributed by atoms with E-state index in [9.17, 15) is 9.59 Å². The number of carboxylic acids is 1. The molecule has 3 N–H and O–H groups in total. The van der Waals surface area contributed by atoms with Gasteiger partial charge in [0.25, 0.3) is 0 Å². The van der Waals surface area contributed by atoms with E-state index in [0.29, 0.717) is 13.1 Å². The molecule has 1 saturated carbocycles. The van der Waals surface area contributed by atoms with Crippen molar-refractivity contribution in [1.82, 2.24) is 20.4 Å². The number of nitrogens with one attached hydrogen (secondary N) is 2. The Labute approximate surface area is 123 Å². The van der Waals surface area contributed by atoms with Gasteiger partial charge >= 0.3 is 12.0 Å². The molecular formula is C14H22N4O3. The number of nitrogens with zero attached hydrogens (tertiary/aromatic N) is 2. The van der Waals surface area contributed by atoms with Crippen LogP contribution in [0, 0.1) is 12.3 Å². The summed E-state index contributed by atoms with van der Waals surface area (Å²) in [5.41, 5.74) is 1.60. The third kappa shape index (κ3) is 3.96. The molecule has 0 spiro atoms. The minimum atomic E-state index is -0.803. The molecule has 1 fully saturated rings. The lowest BCUT2D eigenvalue weighted by Gasteiger charge is -2.40. The van der Waals surface area contributed by atoms with Gasteiger partial charge in [-0.05, 0) is 25.2 Å². The standard InChI is InChI=1S/C14H22N4O3/c1-10-11(8-18(2)17-10)7-15-13(21)16-9-14(4-3-5-14)6-12(19)20/h8H,3-7,9H2,1-2H3,(H,19,20)(H2,15,16,21). The Hall–Kier alpha value is -2.05. The Morgan fingerprint density at radius 1 is 1.43 bits per heavy atom. The van der Waals surface area contributed by atoms with E-state index in [2.05, 4.69) is 15.7 Å². The van der Waals surface area contributed by atoms with Crippen molar-refractivity contribution in [2.45, 2.75) is 39.2 Å². The molecule has 21 heavy (non-hydrogen) atoms. The maximum Gasteiger partial charge on any atom is 0.315 e. The number of aliphatic carboxylic acids is 1. The monoisotopic (exact) mass is 294 g/mol. The van der Waals surface area contributed by atoms with Gasteiger partial charge in [0.15, 0.2) is 0 Å². The van der Waals surface area contributed by atoms with E-state index in [-0.39, 0.29) is 17.9 Å². The summed E-state index contributed by atoms with van der Waals surface area (Å²) >= 11 is 0. The molecule has 1 heterocycles. The predicted molar refractivity (Wildman–Crippen MR) is 76.7 cm³/mol. The Bertz CT molecular complexity index is 534. The number of carboxylic acid groups (broad SMARTS) is 1. The molecule has 1 aliphatic carbocycles. The summed E-state index contributed by atoms with van der Waals surface area (Å²) in [7, 11) is 1.84. The zero-order chi connectivity index (χ0) is 15.5. The maximum absolute atomic E-state index is 11.8. The molecule has 2 rings (SSSR count). The molecule has 0 saturated heterocycles. The number of carbonyl (C=O) groups excluding carboxylic acids is 1. The second-order valence-corrected chi connectivity index (χ2v) is 5.87. The SMILES string of the molecule is Cc1nn(C)cc1CNC(=O)NCC1(CC(=O)O)CCC1. The molecule has 0 bridgehead atoms. The van der Waals surface area contributed by atoms with E-state index >= 15 is 0 Å². The third-order valence-electron chi connectivity index (χ3n) is 4.12. The molecule has 1 aromatic rings. The zero-order valence-electron chi connectivity index (χ0n) is 12.5. The Morgan fingerprint density at radius 3 is 2.62 bits per heavy atom. The molecule has 0 atom stereocenters. The first-order chi connectivity index (χ1) is 9.90. The van der Waals surface area contributed by atoms with Gasteiger partial charge in [0, 0.05) is 31.9 Å². The van der Waals surface area contributed by atoms with Crippen LogP contribution >= 0.6 is 0 Å². The van der Waals surface area contributed by atoms with Crippen LogP contribution in [0.5, 0.6) is 0 Å². The molecule has 0 aliphatic heterocycles. The molecule has 7 heteroatoms. The first-order valence-corrected chi connectivity index (χ1v) is 7.13. The van der Waals surface area contributed by atoms with E-state index in [1.165, 1.54) is 0 Å². The maximum atomic E-state index is 11.8. The van der Waals surface area contributed by atoms with Crippen molar-refractivity contribution in [2.24, 2.45) is 12.5 Å². The molecule has 1 aromatic heterocycles. The van der Waals surface area contributed by atoms with E-state index in [1.54, 1.807) is 4.68 Å². The van der Waals surface area contributed by atoms with Crippen molar-refractivity contribution >= 4 is 12.0 Å². The van der Waals surface area contributed by atoms with Gasteiger partial charge in [-0.15, -0.1) is 0 Å². The lowest BCUT2D eigenvalue weighted by atomic mass is 9.66. The van der Waals surface area contributed by atoms with Crippen LogP contribution in [0.15, 0.2) is 6.20 Å². The van der Waals surface area contributed by atoms with Gasteiger partial charge in [0.1, 0.15) is 0 Å². The van der Waals surface area contributed by atoms with Gasteiger partial charge in [-0.25, -0.2) is 4.79 Å². The fourth-order valence-electron chi connectivity index (χ4n) is 2.74. The average molecular weight is 294 g/mol. The lowest BCUT2D eigenvalue weighted by Crippen LogP contribution is -2.46. The van der Waals surface area contributed by atoms with Crippen molar-refractivity contribution < 1.29 is 14.7 Å². The average Bonchev–Trinajstić information content (AvgIpc) is 2.68. The van der Waals surface area contributed by atoms with Crippen LogP contribution in [0.4, 0.5) is 4.79 Å². The second-order valence-electron chi connectivity index (χ2n) is 5.87. The number of aryl methyl sites for hydroxylation is 2. The number of amides is 2. The van der Waals surface area contributed by atoms with Crippen molar-refractivity contribution in [1.29, 1.82) is 0 Å². The number of aromatic nitrogens is 2. The van der Waals surface area contributed by atoms with Crippen molar-refractivity contribution in [2.75, 3.05) is 6.54 Å². The number of hydrogen-bond acceptors (Lipinski definition) is 3. The molecule has 0 radical (unpaired) electrons. The number of hydrogen-bond donors (Lipinski definition) is 3. The van der Waals surface area contributed by atoms with Gasteiger partial charge in [-0.3, -0.25) is 9.48 Å². The zero-order valence-corrected chi connectivity index (χ0v) is 12.5. The molecule has 116 valence electrons. The highest BCUT2D eigenvalue weighted by Gasteiger charge is 2.39. The van der Waals surface area contributed by atoms with Crippen LogP contribution in [0.25, 0.3) is 0 Å². The third-order valence-corrected chi connectivity index (χ3v) is 4.12. The van der Waals surface area contributed by atoms with Crippen molar-refractivity contribution in [3.05, 3.63) is 17.5 Å².